The average Bonchev–Trinajstić information content (AvgIpc) is 3.17. The number of carbonyl (C=O) groups excluding carboxylic acids is 1. The fraction of sp³-hybridized carbons (Fsp3) is 0.391. The maximum absolute atomic E-state index is 12.7. The van der Waals surface area contributed by atoms with E-state index in [4.69, 9.17) is 5.26 Å². The molecule has 2 aromatic carbocycles. The van der Waals surface area contributed by atoms with Crippen molar-refractivity contribution < 1.29 is 4.79 Å². The second kappa shape index (κ2) is 8.35. The number of hydrogen-bond donors (Lipinski definition) is 1. The van der Waals surface area contributed by atoms with E-state index in [0.29, 0.717) is 12.1 Å². The monoisotopic (exact) mass is 374 g/mol. The van der Waals surface area contributed by atoms with Crippen LogP contribution in [-0.2, 0) is 11.2 Å². The second-order valence-electron chi connectivity index (χ2n) is 7.60. The molecule has 1 atom stereocenters. The number of piperidine rings is 1. The van der Waals surface area contributed by atoms with Crippen molar-refractivity contribution in [2.75, 3.05) is 42.5 Å². The van der Waals surface area contributed by atoms with Crippen molar-refractivity contribution in [2.45, 2.75) is 19.3 Å². The quantitative estimate of drug-likeness (QED) is 0.874. The Hall–Kier alpha value is -3.00. The molecule has 4 rings (SSSR count). The molecule has 5 nitrogen and oxygen atoms in total. The Kier molecular flexibility index (Phi) is 5.48. The van der Waals surface area contributed by atoms with E-state index in [1.165, 1.54) is 11.3 Å². The summed E-state index contributed by atoms with van der Waals surface area (Å²) in [6.07, 6.45) is 3.04. The molecular formula is C23H26N4O. The van der Waals surface area contributed by atoms with Crippen molar-refractivity contribution in [2.24, 2.45) is 5.92 Å². The lowest BCUT2D eigenvalue weighted by atomic mass is 9.96. The van der Waals surface area contributed by atoms with E-state index < -0.39 is 0 Å². The van der Waals surface area contributed by atoms with Gasteiger partial charge in [-0.05, 0) is 55.2 Å². The molecule has 2 heterocycles. The van der Waals surface area contributed by atoms with Crippen LogP contribution in [0.2, 0.25) is 0 Å². The van der Waals surface area contributed by atoms with Crippen LogP contribution in [0.4, 0.5) is 11.4 Å². The Morgan fingerprint density at radius 2 is 1.96 bits per heavy atom. The van der Waals surface area contributed by atoms with Crippen molar-refractivity contribution in [3.05, 3.63) is 59.7 Å². The lowest BCUT2D eigenvalue weighted by molar-refractivity contribution is -0.125. The zero-order valence-corrected chi connectivity index (χ0v) is 16.1. The van der Waals surface area contributed by atoms with Crippen LogP contribution < -0.4 is 15.1 Å². The van der Waals surface area contributed by atoms with Crippen LogP contribution >= 0.6 is 0 Å². The van der Waals surface area contributed by atoms with E-state index in [1.807, 2.05) is 24.3 Å². The SMILES string of the molecule is N#Cc1ccc(N2CCCC(C(=O)NCCN3CCc4ccccc43)C2)cc1. The van der Waals surface area contributed by atoms with Crippen LogP contribution in [-0.4, -0.2) is 38.6 Å². The number of nitrogens with one attached hydrogen (secondary N) is 1. The van der Waals surface area contributed by atoms with E-state index in [-0.39, 0.29) is 11.8 Å². The Bertz CT molecular complexity index is 871. The van der Waals surface area contributed by atoms with Crippen molar-refractivity contribution >= 4 is 17.3 Å². The van der Waals surface area contributed by atoms with Crippen LogP contribution in [0.5, 0.6) is 0 Å². The fourth-order valence-electron chi connectivity index (χ4n) is 4.27. The molecule has 0 radical (unpaired) electrons. The number of para-hydroxylation sites is 1. The van der Waals surface area contributed by atoms with Crippen molar-refractivity contribution in [3.63, 3.8) is 0 Å². The summed E-state index contributed by atoms with van der Waals surface area (Å²) in [6.45, 7) is 4.27. The molecular weight excluding hydrogens is 348 g/mol. The van der Waals surface area contributed by atoms with Crippen LogP contribution in [0.15, 0.2) is 48.5 Å². The number of anilines is 2. The average molecular weight is 374 g/mol. The highest BCUT2D eigenvalue weighted by Gasteiger charge is 2.26. The summed E-state index contributed by atoms with van der Waals surface area (Å²) in [5, 5.41) is 12.1. The van der Waals surface area contributed by atoms with Gasteiger partial charge in [0.05, 0.1) is 17.6 Å². The van der Waals surface area contributed by atoms with Crippen molar-refractivity contribution in [1.29, 1.82) is 5.26 Å². The van der Waals surface area contributed by atoms with Crippen LogP contribution in [0.25, 0.3) is 0 Å². The van der Waals surface area contributed by atoms with Gasteiger partial charge in [-0.3, -0.25) is 4.79 Å². The molecule has 1 N–H and O–H groups in total. The number of fused-ring (bicyclic) bond motifs is 1. The Labute approximate surface area is 166 Å². The molecule has 0 bridgehead atoms. The lowest BCUT2D eigenvalue weighted by Gasteiger charge is -2.34. The van der Waals surface area contributed by atoms with Gasteiger partial charge in [-0.25, -0.2) is 0 Å². The zero-order chi connectivity index (χ0) is 19.3. The van der Waals surface area contributed by atoms with Crippen molar-refractivity contribution in [1.82, 2.24) is 5.32 Å². The molecule has 1 saturated heterocycles. The Morgan fingerprint density at radius 3 is 2.79 bits per heavy atom. The predicted molar refractivity (Wildman–Crippen MR) is 111 cm³/mol. The van der Waals surface area contributed by atoms with Gasteiger partial charge in [0.15, 0.2) is 0 Å². The van der Waals surface area contributed by atoms with Crippen LogP contribution in [0.3, 0.4) is 0 Å². The molecule has 5 heteroatoms. The van der Waals surface area contributed by atoms with Gasteiger partial charge in [0.25, 0.3) is 0 Å². The molecule has 1 amide bonds. The van der Waals surface area contributed by atoms with E-state index >= 15 is 0 Å². The van der Waals surface area contributed by atoms with Gasteiger partial charge in [-0.1, -0.05) is 18.2 Å². The Balaban J connectivity index is 1.28. The minimum atomic E-state index is 0.0234. The first kappa shape index (κ1) is 18.4. The molecule has 0 aliphatic carbocycles. The summed E-state index contributed by atoms with van der Waals surface area (Å²) in [6, 6.07) is 18.3. The maximum Gasteiger partial charge on any atom is 0.224 e. The fourth-order valence-corrected chi connectivity index (χ4v) is 4.27. The minimum Gasteiger partial charge on any atom is -0.371 e. The summed E-state index contributed by atoms with van der Waals surface area (Å²) >= 11 is 0. The number of hydrogen-bond acceptors (Lipinski definition) is 4. The molecule has 2 aromatic rings. The lowest BCUT2D eigenvalue weighted by Crippen LogP contribution is -2.44. The summed E-state index contributed by atoms with van der Waals surface area (Å²) in [5.41, 5.74) is 4.46. The molecule has 2 aliphatic heterocycles. The molecule has 2 aliphatic rings. The van der Waals surface area contributed by atoms with E-state index in [1.54, 1.807) is 0 Å². The molecule has 0 aromatic heterocycles. The molecule has 1 unspecified atom stereocenters. The standard InChI is InChI=1S/C23H26N4O/c24-16-18-7-9-21(10-8-18)27-13-3-5-20(17-27)23(28)25-12-15-26-14-11-19-4-1-2-6-22(19)26/h1-2,4,6-10,20H,3,5,11-15,17H2,(H,25,28). The molecule has 1 fully saturated rings. The highest BCUT2D eigenvalue weighted by molar-refractivity contribution is 5.79. The van der Waals surface area contributed by atoms with E-state index in [2.05, 4.69) is 45.5 Å². The molecule has 28 heavy (non-hydrogen) atoms. The van der Waals surface area contributed by atoms with Gasteiger partial charge < -0.3 is 15.1 Å². The number of carbonyl (C=O) groups is 1. The number of rotatable bonds is 5. The minimum absolute atomic E-state index is 0.0234. The third-order valence-electron chi connectivity index (χ3n) is 5.82. The number of nitriles is 1. The van der Waals surface area contributed by atoms with Crippen molar-refractivity contribution in [3.8, 4) is 6.07 Å². The summed E-state index contributed by atoms with van der Waals surface area (Å²) in [7, 11) is 0. The van der Waals surface area contributed by atoms with Gasteiger partial charge in [0.2, 0.25) is 5.91 Å². The van der Waals surface area contributed by atoms with Crippen LogP contribution in [0.1, 0.15) is 24.0 Å². The Morgan fingerprint density at radius 1 is 1.14 bits per heavy atom. The smallest absolute Gasteiger partial charge is 0.224 e. The summed E-state index contributed by atoms with van der Waals surface area (Å²) in [5.74, 6) is 0.182. The highest BCUT2D eigenvalue weighted by atomic mass is 16.1. The first-order valence-electron chi connectivity index (χ1n) is 10.1. The number of nitrogens with zero attached hydrogens (tertiary/aromatic N) is 3. The molecule has 144 valence electrons. The van der Waals surface area contributed by atoms with E-state index in [0.717, 1.165) is 51.1 Å². The third kappa shape index (κ3) is 3.96. The normalized spacial score (nSPS) is 18.5. The van der Waals surface area contributed by atoms with Gasteiger partial charge in [0, 0.05) is 44.1 Å². The van der Waals surface area contributed by atoms with Gasteiger partial charge in [-0.2, -0.15) is 5.26 Å². The first-order chi connectivity index (χ1) is 13.7. The van der Waals surface area contributed by atoms with Gasteiger partial charge in [-0.15, -0.1) is 0 Å². The number of amides is 1. The van der Waals surface area contributed by atoms with E-state index in [9.17, 15) is 4.79 Å². The molecule has 0 spiro atoms. The first-order valence-corrected chi connectivity index (χ1v) is 10.1. The van der Waals surface area contributed by atoms with Gasteiger partial charge in [0.1, 0.15) is 0 Å². The second-order valence-corrected chi connectivity index (χ2v) is 7.60. The number of benzene rings is 2. The third-order valence-corrected chi connectivity index (χ3v) is 5.82. The summed E-state index contributed by atoms with van der Waals surface area (Å²) < 4.78 is 0. The predicted octanol–water partition coefficient (Wildman–Crippen LogP) is 2.95. The summed E-state index contributed by atoms with van der Waals surface area (Å²) in [4.78, 5) is 17.3. The maximum atomic E-state index is 12.7. The zero-order valence-electron chi connectivity index (χ0n) is 16.1. The highest BCUT2D eigenvalue weighted by Crippen LogP contribution is 2.27. The van der Waals surface area contributed by atoms with Gasteiger partial charge >= 0.3 is 0 Å². The molecule has 0 saturated carbocycles. The topological polar surface area (TPSA) is 59.4 Å². The van der Waals surface area contributed by atoms with Crippen LogP contribution in [0, 0.1) is 17.2 Å². The largest absolute Gasteiger partial charge is 0.371 e.